The number of nitrogens with two attached hydrogens (primary N) is 1. The summed E-state index contributed by atoms with van der Waals surface area (Å²) in [4.78, 5) is 48.5. The van der Waals surface area contributed by atoms with Gasteiger partial charge in [0.15, 0.2) is 6.10 Å². The van der Waals surface area contributed by atoms with Crippen LogP contribution in [0.5, 0.6) is 0 Å². The normalized spacial score (nSPS) is 20.9. The summed E-state index contributed by atoms with van der Waals surface area (Å²) in [6.45, 7) is 8.73. The molecular weight excluding hydrogens is 606 g/mol. The van der Waals surface area contributed by atoms with Crippen LogP contribution in [-0.4, -0.2) is 115 Å². The van der Waals surface area contributed by atoms with Gasteiger partial charge in [0.1, 0.15) is 0 Å². The minimum absolute atomic E-state index is 0.0210. The van der Waals surface area contributed by atoms with Crippen LogP contribution < -0.4 is 16.4 Å². The van der Waals surface area contributed by atoms with E-state index in [1.807, 2.05) is 47.1 Å². The van der Waals surface area contributed by atoms with Crippen LogP contribution >= 0.6 is 11.6 Å². The Balaban J connectivity index is 1.09. The van der Waals surface area contributed by atoms with E-state index in [2.05, 4.69) is 15.5 Å². The maximum absolute atomic E-state index is 14.0. The number of nitrogen functional groups attached to an aromatic ring is 1. The SMILES string of the molecule is Cc1cc(C[C@@H](OC(=O)N2CCC(N3CCc4ccccc4NC3=O)CC2)C(=O)N2CCC(N3CCNCC3)CC2)cc(Cl)c1N. The van der Waals surface area contributed by atoms with Gasteiger partial charge in [-0.1, -0.05) is 35.9 Å². The molecule has 4 aliphatic heterocycles. The standard InChI is InChI=1S/C34H46ClN7O4/c1-23-20-24(21-28(35)31(23)36)22-30(32(43)40-13-7-26(8-14-40)39-18-11-37-12-19-39)46-34(45)41-15-9-27(10-16-41)42-17-6-25-4-2-3-5-29(25)38-33(42)44/h2-5,20-21,26-27,30,37H,6-19,22,36H2,1H3,(H,38,44)/t30-/m1/s1. The number of nitrogens with zero attached hydrogens (tertiary/aromatic N) is 4. The molecule has 4 N–H and O–H groups in total. The molecule has 0 aliphatic carbocycles. The summed E-state index contributed by atoms with van der Waals surface area (Å²) in [5.74, 6) is -0.173. The summed E-state index contributed by atoms with van der Waals surface area (Å²) in [6, 6.07) is 11.9. The summed E-state index contributed by atoms with van der Waals surface area (Å²) < 4.78 is 6.04. The second kappa shape index (κ2) is 14.5. The average molecular weight is 652 g/mol. The molecule has 46 heavy (non-hydrogen) atoms. The highest BCUT2D eigenvalue weighted by atomic mass is 35.5. The van der Waals surface area contributed by atoms with Gasteiger partial charge in [-0.05, 0) is 67.9 Å². The van der Waals surface area contributed by atoms with Gasteiger partial charge in [0, 0.05) is 83.1 Å². The Morgan fingerprint density at radius 2 is 1.63 bits per heavy atom. The van der Waals surface area contributed by atoms with E-state index in [1.54, 1.807) is 11.0 Å². The van der Waals surface area contributed by atoms with Crippen molar-refractivity contribution in [1.29, 1.82) is 0 Å². The van der Waals surface area contributed by atoms with E-state index in [0.29, 0.717) is 62.3 Å². The molecule has 0 saturated carbocycles. The topological polar surface area (TPSA) is 123 Å². The molecular formula is C34H46ClN7O4. The number of fused-ring (bicyclic) bond motifs is 1. The summed E-state index contributed by atoms with van der Waals surface area (Å²) in [5.41, 5.74) is 10.2. The van der Waals surface area contributed by atoms with E-state index in [1.165, 1.54) is 0 Å². The van der Waals surface area contributed by atoms with Gasteiger partial charge in [-0.2, -0.15) is 0 Å². The van der Waals surface area contributed by atoms with E-state index in [9.17, 15) is 14.4 Å². The summed E-state index contributed by atoms with van der Waals surface area (Å²) in [5, 5.41) is 6.88. The number of para-hydroxylation sites is 1. The van der Waals surface area contributed by atoms with Crippen molar-refractivity contribution in [3.8, 4) is 0 Å². The highest BCUT2D eigenvalue weighted by Crippen LogP contribution is 2.28. The Kier molecular flexibility index (Phi) is 10.2. The van der Waals surface area contributed by atoms with E-state index in [4.69, 9.17) is 22.1 Å². The molecule has 0 radical (unpaired) electrons. The van der Waals surface area contributed by atoms with Crippen molar-refractivity contribution in [2.45, 2.75) is 63.6 Å². The number of piperazine rings is 1. The third-order valence-corrected chi connectivity index (χ3v) is 10.4. The van der Waals surface area contributed by atoms with Gasteiger partial charge in [0.05, 0.1) is 10.7 Å². The molecule has 4 aliphatic rings. The fourth-order valence-corrected chi connectivity index (χ4v) is 7.62. The first kappa shape index (κ1) is 32.4. The van der Waals surface area contributed by atoms with E-state index in [-0.39, 0.29) is 24.4 Å². The molecule has 0 unspecified atom stereocenters. The molecule has 11 nitrogen and oxygen atoms in total. The molecule has 248 valence electrons. The second-order valence-corrected chi connectivity index (χ2v) is 13.4. The van der Waals surface area contributed by atoms with E-state index >= 15 is 0 Å². The number of benzene rings is 2. The lowest BCUT2D eigenvalue weighted by atomic mass is 10.00. The number of hydrogen-bond donors (Lipinski definition) is 3. The average Bonchev–Trinajstić information content (AvgIpc) is 3.25. The molecule has 1 atom stereocenters. The molecule has 2 aromatic rings. The molecule has 2 aromatic carbocycles. The minimum Gasteiger partial charge on any atom is -0.436 e. The van der Waals surface area contributed by atoms with Crippen molar-refractivity contribution < 1.29 is 19.1 Å². The maximum atomic E-state index is 14.0. The molecule has 3 saturated heterocycles. The lowest BCUT2D eigenvalue weighted by Crippen LogP contribution is -2.54. The molecule has 3 fully saturated rings. The third-order valence-electron chi connectivity index (χ3n) is 10.1. The van der Waals surface area contributed by atoms with Crippen LogP contribution in [0.1, 0.15) is 42.4 Å². The Bertz CT molecular complexity index is 1390. The first-order chi connectivity index (χ1) is 22.3. The number of hydrogen-bond acceptors (Lipinski definition) is 7. The number of halogens is 1. The predicted molar refractivity (Wildman–Crippen MR) is 179 cm³/mol. The molecule has 6 rings (SSSR count). The fraction of sp³-hybridized carbons (Fsp3) is 0.559. The van der Waals surface area contributed by atoms with Crippen LogP contribution in [0, 0.1) is 6.92 Å². The molecule has 4 heterocycles. The van der Waals surface area contributed by atoms with Gasteiger partial charge in [-0.3, -0.25) is 9.69 Å². The zero-order chi connectivity index (χ0) is 32.2. The number of aryl methyl sites for hydroxylation is 1. The first-order valence-corrected chi connectivity index (χ1v) is 17.0. The highest BCUT2D eigenvalue weighted by molar-refractivity contribution is 6.33. The number of piperidine rings is 2. The van der Waals surface area contributed by atoms with Gasteiger partial charge in [-0.25, -0.2) is 9.59 Å². The number of anilines is 2. The zero-order valence-electron chi connectivity index (χ0n) is 26.7. The van der Waals surface area contributed by atoms with Crippen LogP contribution in [0.2, 0.25) is 5.02 Å². The van der Waals surface area contributed by atoms with Crippen LogP contribution in [0.15, 0.2) is 36.4 Å². The van der Waals surface area contributed by atoms with Crippen LogP contribution in [0.3, 0.4) is 0 Å². The van der Waals surface area contributed by atoms with Gasteiger partial charge < -0.3 is 35.8 Å². The van der Waals surface area contributed by atoms with Gasteiger partial charge in [0.2, 0.25) is 0 Å². The molecule has 0 bridgehead atoms. The predicted octanol–water partition coefficient (Wildman–Crippen LogP) is 3.73. The highest BCUT2D eigenvalue weighted by Gasteiger charge is 2.36. The Morgan fingerprint density at radius 1 is 0.957 bits per heavy atom. The molecule has 4 amide bonds. The Hall–Kier alpha value is -3.54. The van der Waals surface area contributed by atoms with Gasteiger partial charge >= 0.3 is 12.1 Å². The zero-order valence-corrected chi connectivity index (χ0v) is 27.4. The lowest BCUT2D eigenvalue weighted by molar-refractivity contribution is -0.142. The smallest absolute Gasteiger partial charge is 0.410 e. The second-order valence-electron chi connectivity index (χ2n) is 13.0. The fourth-order valence-electron chi connectivity index (χ4n) is 7.33. The largest absolute Gasteiger partial charge is 0.436 e. The summed E-state index contributed by atoms with van der Waals surface area (Å²) in [6.07, 6.45) is 2.61. The van der Waals surface area contributed by atoms with Gasteiger partial charge in [0.25, 0.3) is 5.91 Å². The lowest BCUT2D eigenvalue weighted by Gasteiger charge is -2.41. The number of rotatable bonds is 6. The van der Waals surface area contributed by atoms with E-state index < -0.39 is 12.2 Å². The van der Waals surface area contributed by atoms with Crippen molar-refractivity contribution >= 4 is 41.0 Å². The monoisotopic (exact) mass is 651 g/mol. The van der Waals surface area contributed by atoms with E-state index in [0.717, 1.165) is 67.8 Å². The molecule has 0 aromatic heterocycles. The summed E-state index contributed by atoms with van der Waals surface area (Å²) >= 11 is 6.39. The van der Waals surface area contributed by atoms with Crippen LogP contribution in [0.4, 0.5) is 21.0 Å². The van der Waals surface area contributed by atoms with Crippen molar-refractivity contribution in [2.75, 3.05) is 70.0 Å². The third kappa shape index (κ3) is 7.37. The number of ether oxygens (including phenoxy) is 1. The van der Waals surface area contributed by atoms with Crippen LogP contribution in [0.25, 0.3) is 0 Å². The van der Waals surface area contributed by atoms with Crippen molar-refractivity contribution in [1.82, 2.24) is 24.9 Å². The number of amides is 4. The minimum atomic E-state index is -0.977. The number of carbonyl (C=O) groups excluding carboxylic acids is 3. The number of nitrogens with one attached hydrogen (secondary N) is 2. The Labute approximate surface area is 276 Å². The van der Waals surface area contributed by atoms with Crippen molar-refractivity contribution in [3.63, 3.8) is 0 Å². The number of carbonyl (C=O) groups is 3. The Morgan fingerprint density at radius 3 is 2.35 bits per heavy atom. The first-order valence-electron chi connectivity index (χ1n) is 16.7. The molecule has 0 spiro atoms. The molecule has 12 heteroatoms. The maximum Gasteiger partial charge on any atom is 0.410 e. The van der Waals surface area contributed by atoms with Gasteiger partial charge in [-0.15, -0.1) is 0 Å². The summed E-state index contributed by atoms with van der Waals surface area (Å²) in [7, 11) is 0. The number of urea groups is 1. The quantitative estimate of drug-likeness (QED) is 0.407. The van der Waals surface area contributed by atoms with Crippen LogP contribution in [-0.2, 0) is 22.4 Å². The number of likely N-dealkylation sites (tertiary alicyclic amines) is 2. The van der Waals surface area contributed by atoms with Crippen molar-refractivity contribution in [3.05, 3.63) is 58.1 Å². The van der Waals surface area contributed by atoms with Crippen molar-refractivity contribution in [2.24, 2.45) is 0 Å².